The van der Waals surface area contributed by atoms with Crippen LogP contribution in [0.25, 0.3) is 10.9 Å². The maximum Gasteiger partial charge on any atom is 0.328 e. The number of urea groups is 1. The van der Waals surface area contributed by atoms with Crippen LogP contribution in [-0.4, -0.2) is 64.6 Å². The molecule has 3 aromatic heterocycles. The number of aryl methyl sites for hydroxylation is 1. The predicted octanol–water partition coefficient (Wildman–Crippen LogP) is 2.15. The number of carbonyl (C=O) groups excluding carboxylic acids is 1. The quantitative estimate of drug-likeness (QED) is 0.649. The fourth-order valence-corrected chi connectivity index (χ4v) is 4.62. The van der Waals surface area contributed by atoms with Crippen LogP contribution in [0.5, 0.6) is 5.88 Å². The van der Waals surface area contributed by atoms with Crippen LogP contribution in [0.4, 0.5) is 22.1 Å². The van der Waals surface area contributed by atoms with Crippen molar-refractivity contribution in [3.8, 4) is 5.88 Å². The molecular weight excluding hydrogens is 408 g/mol. The van der Waals surface area contributed by atoms with Crippen LogP contribution in [-0.2, 0) is 13.5 Å². The number of hydrogen-bond donors (Lipinski definition) is 2. The molecule has 32 heavy (non-hydrogen) atoms. The van der Waals surface area contributed by atoms with Crippen LogP contribution in [0.2, 0.25) is 0 Å². The van der Waals surface area contributed by atoms with Crippen LogP contribution in [0.1, 0.15) is 19.4 Å². The van der Waals surface area contributed by atoms with Gasteiger partial charge in [-0.25, -0.2) is 9.78 Å². The zero-order valence-electron chi connectivity index (χ0n) is 18.8. The van der Waals surface area contributed by atoms with Gasteiger partial charge in [0.1, 0.15) is 11.6 Å². The molecule has 0 spiro atoms. The second-order valence-electron chi connectivity index (χ2n) is 8.95. The topological polar surface area (TPSA) is 100 Å². The summed E-state index contributed by atoms with van der Waals surface area (Å²) in [6.45, 7) is 7.76. The number of rotatable bonds is 3. The number of hydrogen-bond acceptors (Lipinski definition) is 7. The van der Waals surface area contributed by atoms with Gasteiger partial charge in [0.15, 0.2) is 5.52 Å². The number of ether oxygens (including phenoxy) is 1. The number of fused-ring (bicyclic) bond motifs is 2. The van der Waals surface area contributed by atoms with E-state index in [9.17, 15) is 4.79 Å². The highest BCUT2D eigenvalue weighted by molar-refractivity contribution is 6.03. The van der Waals surface area contributed by atoms with Crippen molar-refractivity contribution in [3.63, 3.8) is 0 Å². The van der Waals surface area contributed by atoms with E-state index in [1.54, 1.807) is 29.0 Å². The Hall–Kier alpha value is -3.40. The molecule has 0 radical (unpaired) electrons. The third kappa shape index (κ3) is 3.60. The molecule has 168 valence electrons. The maximum atomic E-state index is 13.2. The Morgan fingerprint density at radius 2 is 2.16 bits per heavy atom. The van der Waals surface area contributed by atoms with Crippen molar-refractivity contribution in [2.45, 2.75) is 25.8 Å². The minimum Gasteiger partial charge on any atom is -0.479 e. The molecule has 2 aliphatic heterocycles. The van der Waals surface area contributed by atoms with E-state index in [1.165, 1.54) is 0 Å². The Morgan fingerprint density at radius 3 is 2.94 bits per heavy atom. The van der Waals surface area contributed by atoms with Crippen molar-refractivity contribution < 1.29 is 9.53 Å². The third-order valence-electron chi connectivity index (χ3n) is 6.01. The predicted molar refractivity (Wildman–Crippen MR) is 124 cm³/mol. The van der Waals surface area contributed by atoms with Crippen LogP contribution in [0.3, 0.4) is 0 Å². The highest BCUT2D eigenvalue weighted by atomic mass is 16.5. The van der Waals surface area contributed by atoms with E-state index in [0.29, 0.717) is 29.6 Å². The summed E-state index contributed by atoms with van der Waals surface area (Å²) in [4.78, 5) is 26.2. The Kier molecular flexibility index (Phi) is 4.89. The largest absolute Gasteiger partial charge is 0.479 e. The zero-order valence-corrected chi connectivity index (χ0v) is 18.8. The molecule has 10 nitrogen and oxygen atoms in total. The number of carbonyl (C=O) groups is 1. The average molecular weight is 437 g/mol. The van der Waals surface area contributed by atoms with Crippen LogP contribution < -0.4 is 25.2 Å². The summed E-state index contributed by atoms with van der Waals surface area (Å²) < 4.78 is 7.06. The Labute approximate surface area is 186 Å². The van der Waals surface area contributed by atoms with Gasteiger partial charge in [0.05, 0.1) is 7.11 Å². The molecule has 0 unspecified atom stereocenters. The lowest BCUT2D eigenvalue weighted by molar-refractivity contribution is 0.257. The lowest BCUT2D eigenvalue weighted by Gasteiger charge is -2.41. The van der Waals surface area contributed by atoms with Gasteiger partial charge in [0.25, 0.3) is 0 Å². The molecule has 2 N–H and O–H groups in total. The summed E-state index contributed by atoms with van der Waals surface area (Å²) in [7, 11) is 3.38. The zero-order chi connectivity index (χ0) is 22.5. The monoisotopic (exact) mass is 436 g/mol. The molecule has 3 aromatic rings. The van der Waals surface area contributed by atoms with E-state index in [2.05, 4.69) is 50.5 Å². The number of piperazine rings is 1. The van der Waals surface area contributed by atoms with Gasteiger partial charge < -0.3 is 15.0 Å². The van der Waals surface area contributed by atoms with Crippen LogP contribution in [0.15, 0.2) is 24.5 Å². The Balaban J connectivity index is 1.40. The SMILES string of the molecule is COc1nc(NC(=O)N2CCc3c(N4CCNC(C)(C)C4)ccnc32)cc2cn(C)nc12. The molecule has 5 heterocycles. The van der Waals surface area contributed by atoms with E-state index in [4.69, 9.17) is 4.74 Å². The molecule has 0 aliphatic carbocycles. The van der Waals surface area contributed by atoms with Gasteiger partial charge in [-0.3, -0.25) is 14.9 Å². The van der Waals surface area contributed by atoms with Gasteiger partial charge >= 0.3 is 6.03 Å². The fraction of sp³-hybridized carbons (Fsp3) is 0.455. The van der Waals surface area contributed by atoms with Crippen LogP contribution in [0, 0.1) is 0 Å². The number of aromatic nitrogens is 4. The maximum absolute atomic E-state index is 13.2. The first kappa shape index (κ1) is 20.5. The molecule has 0 aromatic carbocycles. The van der Waals surface area contributed by atoms with Crippen molar-refractivity contribution in [2.75, 3.05) is 48.4 Å². The molecule has 0 saturated carbocycles. The van der Waals surface area contributed by atoms with E-state index in [1.807, 2.05) is 13.2 Å². The number of methoxy groups -OCH3 is 1. The summed E-state index contributed by atoms with van der Waals surface area (Å²) in [6.07, 6.45) is 4.43. The molecule has 5 rings (SSSR count). The number of nitrogens with zero attached hydrogens (tertiary/aromatic N) is 6. The standard InChI is InChI=1S/C22H28N8O2/c1-22(2)13-29(10-8-24-22)16-5-7-23-19-15(16)6-9-30(19)21(31)26-17-11-14-12-28(3)27-18(14)20(25-17)32-4/h5,7,11-12,24H,6,8-10,13H2,1-4H3,(H,26,31). The van der Waals surface area contributed by atoms with Gasteiger partial charge in [-0.15, -0.1) is 0 Å². The average Bonchev–Trinajstić information content (AvgIpc) is 3.35. The molecule has 2 amide bonds. The van der Waals surface area contributed by atoms with Gasteiger partial charge in [0.2, 0.25) is 5.88 Å². The molecule has 1 saturated heterocycles. The fourth-order valence-electron chi connectivity index (χ4n) is 4.62. The summed E-state index contributed by atoms with van der Waals surface area (Å²) in [5.41, 5.74) is 2.98. The number of pyridine rings is 2. The summed E-state index contributed by atoms with van der Waals surface area (Å²) in [5.74, 6) is 1.51. The summed E-state index contributed by atoms with van der Waals surface area (Å²) in [5, 5.41) is 11.7. The first-order chi connectivity index (χ1) is 15.3. The minimum atomic E-state index is -0.258. The molecule has 1 fully saturated rings. The molecule has 2 aliphatic rings. The highest BCUT2D eigenvalue weighted by Gasteiger charge is 2.32. The summed E-state index contributed by atoms with van der Waals surface area (Å²) >= 11 is 0. The van der Waals surface area contributed by atoms with Crippen molar-refractivity contribution in [3.05, 3.63) is 30.1 Å². The second kappa shape index (κ2) is 7.63. The first-order valence-corrected chi connectivity index (χ1v) is 10.8. The molecule has 0 atom stereocenters. The minimum absolute atomic E-state index is 0.0414. The van der Waals surface area contributed by atoms with Crippen molar-refractivity contribution in [2.24, 2.45) is 7.05 Å². The van der Waals surface area contributed by atoms with E-state index < -0.39 is 0 Å². The van der Waals surface area contributed by atoms with Crippen molar-refractivity contribution in [1.29, 1.82) is 0 Å². The molecule has 10 heteroatoms. The number of amides is 2. The van der Waals surface area contributed by atoms with Gasteiger partial charge in [0, 0.05) is 67.8 Å². The smallest absolute Gasteiger partial charge is 0.328 e. The summed E-state index contributed by atoms with van der Waals surface area (Å²) in [6, 6.07) is 3.60. The van der Waals surface area contributed by atoms with Crippen molar-refractivity contribution in [1.82, 2.24) is 25.1 Å². The first-order valence-electron chi connectivity index (χ1n) is 10.8. The normalized spacial score (nSPS) is 17.5. The van der Waals surface area contributed by atoms with Gasteiger partial charge in [-0.1, -0.05) is 0 Å². The Bertz CT molecular complexity index is 1190. The number of nitrogens with one attached hydrogen (secondary N) is 2. The Morgan fingerprint density at radius 1 is 1.31 bits per heavy atom. The van der Waals surface area contributed by atoms with Crippen molar-refractivity contribution >= 4 is 34.3 Å². The van der Waals surface area contributed by atoms with E-state index in [0.717, 1.165) is 42.7 Å². The lowest BCUT2D eigenvalue weighted by Crippen LogP contribution is -2.57. The molecular formula is C22H28N8O2. The van der Waals surface area contributed by atoms with E-state index >= 15 is 0 Å². The highest BCUT2D eigenvalue weighted by Crippen LogP contribution is 2.35. The number of anilines is 3. The van der Waals surface area contributed by atoms with E-state index in [-0.39, 0.29) is 11.6 Å². The van der Waals surface area contributed by atoms with Gasteiger partial charge in [-0.05, 0) is 32.4 Å². The second-order valence-corrected chi connectivity index (χ2v) is 8.95. The van der Waals surface area contributed by atoms with Crippen LogP contribution >= 0.6 is 0 Å². The molecule has 0 bridgehead atoms. The van der Waals surface area contributed by atoms with Gasteiger partial charge in [-0.2, -0.15) is 10.1 Å². The lowest BCUT2D eigenvalue weighted by atomic mass is 10.0. The third-order valence-corrected chi connectivity index (χ3v) is 6.01.